The maximum Gasteiger partial charge on any atom is 0.220 e. The van der Waals surface area contributed by atoms with Crippen LogP contribution in [0.25, 0.3) is 0 Å². The molecule has 1 spiro atoms. The van der Waals surface area contributed by atoms with Crippen LogP contribution < -0.4 is 21.1 Å². The third-order valence-corrected chi connectivity index (χ3v) is 6.07. The first kappa shape index (κ1) is 19.1. The number of likely N-dealkylation sites (tertiary alicyclic amines) is 1. The van der Waals surface area contributed by atoms with Gasteiger partial charge in [-0.3, -0.25) is 9.80 Å². The Hall–Kier alpha value is -2.28. The summed E-state index contributed by atoms with van der Waals surface area (Å²) in [7, 11) is 0. The Morgan fingerprint density at radius 3 is 2.46 bits per heavy atom. The summed E-state index contributed by atoms with van der Waals surface area (Å²) in [6.45, 7) is 3.97. The highest BCUT2D eigenvalue weighted by atomic mass is 16.5. The monoisotopic (exact) mass is 384 g/mol. The molecule has 0 unspecified atom stereocenters. The highest BCUT2D eigenvalue weighted by molar-refractivity contribution is 6.06. The van der Waals surface area contributed by atoms with E-state index < -0.39 is 5.66 Å². The summed E-state index contributed by atoms with van der Waals surface area (Å²) < 4.78 is 6.23. The van der Waals surface area contributed by atoms with Gasteiger partial charge in [0.1, 0.15) is 18.0 Å². The summed E-state index contributed by atoms with van der Waals surface area (Å²) in [6, 6.07) is 8.07. The first-order valence-electron chi connectivity index (χ1n) is 10.6. The standard InChI is InChI=1S/C21H32N6O/c22-19-24-20(23)27(21(25-19)11-5-1-6-12-21)17-9-3-4-10-18(17)28-16-15-26-13-7-2-8-14-26/h3-4,9-10H,1-2,5-8,11-16H2,(H4,22,23,24,25). The highest BCUT2D eigenvalue weighted by Crippen LogP contribution is 2.42. The lowest BCUT2D eigenvalue weighted by Gasteiger charge is -2.45. The van der Waals surface area contributed by atoms with Crippen molar-refractivity contribution in [3.05, 3.63) is 24.3 Å². The Bertz CT molecular complexity index is 734. The molecule has 152 valence electrons. The van der Waals surface area contributed by atoms with Gasteiger partial charge in [0.15, 0.2) is 0 Å². The number of guanidine groups is 2. The van der Waals surface area contributed by atoms with E-state index in [-0.39, 0.29) is 5.96 Å². The van der Waals surface area contributed by atoms with Gasteiger partial charge in [0, 0.05) is 6.54 Å². The van der Waals surface area contributed by atoms with E-state index in [0.29, 0.717) is 12.6 Å². The third-order valence-electron chi connectivity index (χ3n) is 6.07. The van der Waals surface area contributed by atoms with Gasteiger partial charge in [0.25, 0.3) is 0 Å². The first-order chi connectivity index (χ1) is 13.7. The van der Waals surface area contributed by atoms with Crippen LogP contribution in [0.1, 0.15) is 51.4 Å². The van der Waals surface area contributed by atoms with Gasteiger partial charge in [0.05, 0.1) is 5.69 Å². The van der Waals surface area contributed by atoms with E-state index >= 15 is 0 Å². The van der Waals surface area contributed by atoms with Gasteiger partial charge in [-0.1, -0.05) is 25.0 Å². The molecule has 2 aliphatic heterocycles. The van der Waals surface area contributed by atoms with Gasteiger partial charge in [-0.05, 0) is 63.7 Å². The average Bonchev–Trinajstić information content (AvgIpc) is 2.70. The lowest BCUT2D eigenvalue weighted by atomic mass is 9.87. The molecule has 1 aliphatic carbocycles. The minimum absolute atomic E-state index is 0.277. The number of piperidine rings is 1. The molecule has 0 aromatic heterocycles. The molecule has 3 aliphatic rings. The van der Waals surface area contributed by atoms with E-state index in [4.69, 9.17) is 21.2 Å². The average molecular weight is 385 g/mol. The zero-order valence-corrected chi connectivity index (χ0v) is 16.6. The van der Waals surface area contributed by atoms with E-state index in [2.05, 4.69) is 14.8 Å². The maximum atomic E-state index is 6.37. The van der Waals surface area contributed by atoms with Crippen LogP contribution in [-0.2, 0) is 0 Å². The maximum absolute atomic E-state index is 6.37. The normalized spacial score (nSPS) is 22.6. The van der Waals surface area contributed by atoms with Crippen LogP contribution in [0, 0.1) is 0 Å². The number of nitrogens with two attached hydrogens (primary N) is 2. The van der Waals surface area contributed by atoms with E-state index in [9.17, 15) is 0 Å². The number of nitrogens with zero attached hydrogens (tertiary/aromatic N) is 4. The molecule has 4 N–H and O–H groups in total. The molecule has 0 amide bonds. The van der Waals surface area contributed by atoms with Crippen LogP contribution in [-0.4, -0.2) is 48.7 Å². The molecule has 1 aromatic rings. The molecule has 7 heteroatoms. The van der Waals surface area contributed by atoms with Crippen molar-refractivity contribution in [3.8, 4) is 5.75 Å². The zero-order chi connectivity index (χ0) is 19.4. The van der Waals surface area contributed by atoms with Gasteiger partial charge in [-0.15, -0.1) is 0 Å². The Morgan fingerprint density at radius 1 is 0.964 bits per heavy atom. The van der Waals surface area contributed by atoms with Crippen LogP contribution in [0.15, 0.2) is 34.3 Å². The molecule has 28 heavy (non-hydrogen) atoms. The van der Waals surface area contributed by atoms with E-state index in [1.165, 1.54) is 38.8 Å². The molecular weight excluding hydrogens is 352 g/mol. The van der Waals surface area contributed by atoms with Crippen molar-refractivity contribution in [2.45, 2.75) is 57.0 Å². The number of anilines is 1. The second-order valence-corrected chi connectivity index (χ2v) is 8.04. The van der Waals surface area contributed by atoms with Crippen LogP contribution in [0.2, 0.25) is 0 Å². The van der Waals surface area contributed by atoms with Crippen molar-refractivity contribution in [1.82, 2.24) is 4.90 Å². The highest BCUT2D eigenvalue weighted by Gasteiger charge is 2.43. The quantitative estimate of drug-likeness (QED) is 0.814. The van der Waals surface area contributed by atoms with Crippen LogP contribution in [0.4, 0.5) is 5.69 Å². The number of hydrogen-bond acceptors (Lipinski definition) is 7. The second-order valence-electron chi connectivity index (χ2n) is 8.04. The number of para-hydroxylation sites is 2. The minimum atomic E-state index is -0.444. The fourth-order valence-corrected chi connectivity index (χ4v) is 4.70. The fraction of sp³-hybridized carbons (Fsp3) is 0.619. The van der Waals surface area contributed by atoms with E-state index in [1.807, 2.05) is 24.3 Å². The molecule has 1 saturated heterocycles. The largest absolute Gasteiger partial charge is 0.490 e. The predicted molar refractivity (Wildman–Crippen MR) is 114 cm³/mol. The predicted octanol–water partition coefficient (Wildman–Crippen LogP) is 2.66. The van der Waals surface area contributed by atoms with E-state index in [1.54, 1.807) is 0 Å². The van der Waals surface area contributed by atoms with Crippen molar-refractivity contribution < 1.29 is 4.74 Å². The summed E-state index contributed by atoms with van der Waals surface area (Å²) in [5.74, 6) is 1.51. The van der Waals surface area contributed by atoms with Crippen molar-refractivity contribution in [2.24, 2.45) is 21.5 Å². The van der Waals surface area contributed by atoms with Crippen LogP contribution >= 0.6 is 0 Å². The molecule has 0 atom stereocenters. The fourth-order valence-electron chi connectivity index (χ4n) is 4.70. The van der Waals surface area contributed by atoms with Crippen molar-refractivity contribution in [2.75, 3.05) is 31.1 Å². The zero-order valence-electron chi connectivity index (χ0n) is 16.6. The van der Waals surface area contributed by atoms with Gasteiger partial charge >= 0.3 is 0 Å². The van der Waals surface area contributed by atoms with Crippen molar-refractivity contribution in [3.63, 3.8) is 0 Å². The van der Waals surface area contributed by atoms with Gasteiger partial charge in [-0.2, -0.15) is 4.99 Å². The van der Waals surface area contributed by atoms with Crippen molar-refractivity contribution in [1.29, 1.82) is 0 Å². The topological polar surface area (TPSA) is 92.5 Å². The molecule has 7 nitrogen and oxygen atoms in total. The van der Waals surface area contributed by atoms with Crippen LogP contribution in [0.3, 0.4) is 0 Å². The first-order valence-corrected chi connectivity index (χ1v) is 10.6. The Kier molecular flexibility index (Phi) is 5.71. The number of benzene rings is 1. The Morgan fingerprint density at radius 2 is 1.68 bits per heavy atom. The third kappa shape index (κ3) is 3.94. The Labute approximate surface area is 167 Å². The van der Waals surface area contributed by atoms with Gasteiger partial charge in [0.2, 0.25) is 11.9 Å². The number of ether oxygens (including phenoxy) is 1. The van der Waals surface area contributed by atoms with Gasteiger partial charge < -0.3 is 16.2 Å². The lowest BCUT2D eigenvalue weighted by molar-refractivity contribution is 0.183. The molecule has 0 radical (unpaired) electrons. The molecule has 2 heterocycles. The summed E-state index contributed by atoms with van der Waals surface area (Å²) in [6.07, 6.45) is 9.21. The van der Waals surface area contributed by atoms with E-state index in [0.717, 1.165) is 43.7 Å². The number of hydrogen-bond donors (Lipinski definition) is 2. The molecule has 2 fully saturated rings. The Balaban J connectivity index is 1.55. The van der Waals surface area contributed by atoms with Gasteiger partial charge in [-0.25, -0.2) is 4.99 Å². The second kappa shape index (κ2) is 8.39. The summed E-state index contributed by atoms with van der Waals surface area (Å²) in [4.78, 5) is 13.6. The van der Waals surface area contributed by atoms with Crippen molar-refractivity contribution >= 4 is 17.6 Å². The summed E-state index contributed by atoms with van der Waals surface area (Å²) in [5, 5.41) is 0. The molecular formula is C21H32N6O. The molecule has 1 saturated carbocycles. The SMILES string of the molecule is NC1=NC2(CCCCC2)N(c2ccccc2OCCN2CCCCC2)C(N)=N1. The lowest BCUT2D eigenvalue weighted by Crippen LogP contribution is -2.58. The number of rotatable bonds is 5. The minimum Gasteiger partial charge on any atom is -0.490 e. The molecule has 4 rings (SSSR count). The summed E-state index contributed by atoms with van der Waals surface area (Å²) in [5.41, 5.74) is 12.9. The summed E-state index contributed by atoms with van der Waals surface area (Å²) >= 11 is 0. The number of aliphatic imine (C=N–C) groups is 2. The van der Waals surface area contributed by atoms with Crippen LogP contribution in [0.5, 0.6) is 5.75 Å². The molecule has 0 bridgehead atoms. The molecule has 1 aromatic carbocycles. The smallest absolute Gasteiger partial charge is 0.220 e.